The van der Waals surface area contributed by atoms with Crippen LogP contribution in [0.3, 0.4) is 0 Å². The van der Waals surface area contributed by atoms with Crippen molar-refractivity contribution in [1.82, 2.24) is 0 Å². The maximum absolute atomic E-state index is 10.8. The van der Waals surface area contributed by atoms with E-state index in [1.807, 2.05) is 0 Å². The van der Waals surface area contributed by atoms with Crippen LogP contribution in [0.25, 0.3) is 13.2 Å². The molecule has 21 heavy (non-hydrogen) atoms. The van der Waals surface area contributed by atoms with Gasteiger partial charge < -0.3 is 14.2 Å². The van der Waals surface area contributed by atoms with Gasteiger partial charge in [0, 0.05) is 6.61 Å². The Balaban J connectivity index is 1.80. The van der Waals surface area contributed by atoms with Gasteiger partial charge in [-0.15, -0.1) is 11.3 Å². The van der Waals surface area contributed by atoms with Crippen molar-refractivity contribution < 1.29 is 27.2 Å². The van der Waals surface area contributed by atoms with Crippen molar-refractivity contribution in [3.8, 4) is 11.5 Å². The summed E-state index contributed by atoms with van der Waals surface area (Å²) < 4.78 is 48.8. The Bertz CT molecular complexity index is 693. The molecular formula is C13H18O6S2. The van der Waals surface area contributed by atoms with Crippen molar-refractivity contribution in [3.05, 3.63) is 9.06 Å². The molecule has 0 saturated heterocycles. The quantitative estimate of drug-likeness (QED) is 0.599. The van der Waals surface area contributed by atoms with Crippen molar-refractivity contribution in [2.75, 3.05) is 19.8 Å². The van der Waals surface area contributed by atoms with Crippen LogP contribution in [0, 0.1) is 0 Å². The van der Waals surface area contributed by atoms with Gasteiger partial charge in [-0.1, -0.05) is 13.2 Å². The molecule has 0 radical (unpaired) electrons. The Morgan fingerprint density at radius 3 is 2.76 bits per heavy atom. The Labute approximate surface area is 127 Å². The van der Waals surface area contributed by atoms with Crippen molar-refractivity contribution in [2.45, 2.75) is 24.7 Å². The van der Waals surface area contributed by atoms with Gasteiger partial charge in [-0.25, -0.2) is 0 Å². The van der Waals surface area contributed by atoms with Gasteiger partial charge in [0.1, 0.15) is 6.61 Å². The molecule has 0 aliphatic carbocycles. The summed E-state index contributed by atoms with van der Waals surface area (Å²) in [5.41, 5.74) is 0. The zero-order valence-corrected chi connectivity index (χ0v) is 13.3. The number of thiophene rings is 1. The number of hydrogen-bond acceptors (Lipinski definition) is 6. The fourth-order valence-corrected chi connectivity index (χ4v) is 3.00. The molecular weight excluding hydrogens is 316 g/mol. The molecule has 1 aliphatic rings. The minimum absolute atomic E-state index is 0.217. The molecule has 118 valence electrons. The van der Waals surface area contributed by atoms with Crippen LogP contribution in [-0.2, 0) is 14.9 Å². The highest BCUT2D eigenvalue weighted by Crippen LogP contribution is 2.26. The van der Waals surface area contributed by atoms with Crippen molar-refractivity contribution >= 4 is 34.6 Å². The molecule has 1 aromatic rings. The predicted molar refractivity (Wildman–Crippen MR) is 81.0 cm³/mol. The van der Waals surface area contributed by atoms with Crippen molar-refractivity contribution in [1.29, 1.82) is 0 Å². The molecule has 2 atom stereocenters. The Morgan fingerprint density at radius 2 is 2.10 bits per heavy atom. The lowest BCUT2D eigenvalue weighted by atomic mass is 10.3. The summed E-state index contributed by atoms with van der Waals surface area (Å²) in [5, 5.41) is -0.843. The topological polar surface area (TPSA) is 82.1 Å². The number of fused-ring (bicyclic) bond motifs is 1. The normalized spacial score (nSPS) is 19.4. The molecule has 0 fully saturated rings. The monoisotopic (exact) mass is 334 g/mol. The lowest BCUT2D eigenvalue weighted by Gasteiger charge is -2.24. The summed E-state index contributed by atoms with van der Waals surface area (Å²) in [7, 11) is -4.00. The molecule has 0 bridgehead atoms. The van der Waals surface area contributed by atoms with Gasteiger partial charge in [0.15, 0.2) is 17.6 Å². The first-order valence-corrected chi connectivity index (χ1v) is 8.75. The van der Waals surface area contributed by atoms with Crippen LogP contribution in [0.1, 0.15) is 13.3 Å². The van der Waals surface area contributed by atoms with Crippen LogP contribution in [0.5, 0.6) is 11.5 Å². The molecule has 0 spiro atoms. The molecule has 6 nitrogen and oxygen atoms in total. The molecule has 1 aromatic heterocycles. The van der Waals surface area contributed by atoms with Crippen LogP contribution >= 0.6 is 11.3 Å². The van der Waals surface area contributed by atoms with Gasteiger partial charge in [0.2, 0.25) is 0 Å². The summed E-state index contributed by atoms with van der Waals surface area (Å²) in [6, 6.07) is 0. The molecule has 0 saturated carbocycles. The smallest absolute Gasteiger partial charge is 0.267 e. The van der Waals surface area contributed by atoms with E-state index < -0.39 is 15.4 Å². The van der Waals surface area contributed by atoms with Crippen LogP contribution in [0.2, 0.25) is 0 Å². The van der Waals surface area contributed by atoms with E-state index in [-0.39, 0.29) is 25.7 Å². The molecule has 0 amide bonds. The Hall–Kier alpha value is -1.09. The first kappa shape index (κ1) is 16.3. The third-order valence-corrected chi connectivity index (χ3v) is 5.25. The van der Waals surface area contributed by atoms with E-state index in [1.165, 1.54) is 18.3 Å². The maximum Gasteiger partial charge on any atom is 0.267 e. The lowest BCUT2D eigenvalue weighted by molar-refractivity contribution is 0.00796. The van der Waals surface area contributed by atoms with E-state index >= 15 is 0 Å². The minimum Gasteiger partial charge on any atom is -0.484 e. The lowest BCUT2D eigenvalue weighted by Crippen LogP contribution is -2.35. The molecule has 8 heteroatoms. The number of hydrogen-bond donors (Lipinski definition) is 1. The molecule has 2 rings (SSSR count). The van der Waals surface area contributed by atoms with Crippen LogP contribution in [0.15, 0.2) is 0 Å². The SMILES string of the molecule is C=c1sc(=C)c2c1OCC(COCCC(C)S(=O)(=O)O)O2. The minimum atomic E-state index is -4.00. The van der Waals surface area contributed by atoms with Crippen LogP contribution in [0.4, 0.5) is 0 Å². The van der Waals surface area contributed by atoms with Gasteiger partial charge >= 0.3 is 0 Å². The average molecular weight is 334 g/mol. The summed E-state index contributed by atoms with van der Waals surface area (Å²) in [6.07, 6.45) is -0.0484. The van der Waals surface area contributed by atoms with E-state index in [1.54, 1.807) is 0 Å². The summed E-state index contributed by atoms with van der Waals surface area (Å²) >= 11 is 1.41. The Kier molecular flexibility index (Phi) is 4.92. The molecule has 2 heterocycles. The second kappa shape index (κ2) is 6.35. The second-order valence-electron chi connectivity index (χ2n) is 4.85. The van der Waals surface area contributed by atoms with Gasteiger partial charge in [-0.05, 0) is 13.3 Å². The predicted octanol–water partition coefficient (Wildman–Crippen LogP) is 0.392. The number of ether oxygens (including phenoxy) is 3. The Morgan fingerprint density at radius 1 is 1.43 bits per heavy atom. The summed E-state index contributed by atoms with van der Waals surface area (Å²) in [6.45, 7) is 10.0. The number of rotatable bonds is 6. The van der Waals surface area contributed by atoms with Gasteiger partial charge in [-0.3, -0.25) is 4.55 Å². The first-order chi connectivity index (χ1) is 9.79. The molecule has 2 unspecified atom stereocenters. The second-order valence-corrected chi connectivity index (χ2v) is 7.87. The highest BCUT2D eigenvalue weighted by atomic mass is 32.2. The fourth-order valence-electron chi connectivity index (χ4n) is 1.83. The van der Waals surface area contributed by atoms with Gasteiger partial charge in [-0.2, -0.15) is 8.42 Å². The van der Waals surface area contributed by atoms with Crippen molar-refractivity contribution in [2.24, 2.45) is 0 Å². The highest BCUT2D eigenvalue weighted by Gasteiger charge is 2.24. The third kappa shape index (κ3) is 3.97. The van der Waals surface area contributed by atoms with E-state index in [0.717, 1.165) is 9.06 Å². The summed E-state index contributed by atoms with van der Waals surface area (Å²) in [4.78, 5) is 0. The third-order valence-electron chi connectivity index (χ3n) is 3.14. The van der Waals surface area contributed by atoms with Crippen LogP contribution in [-0.4, -0.2) is 44.1 Å². The first-order valence-electron chi connectivity index (χ1n) is 6.43. The van der Waals surface area contributed by atoms with Gasteiger partial charge in [0.05, 0.1) is 20.9 Å². The van der Waals surface area contributed by atoms with E-state index in [4.69, 9.17) is 18.8 Å². The van der Waals surface area contributed by atoms with E-state index in [0.29, 0.717) is 18.1 Å². The standard InChI is InChI=1S/C13H18O6S2/c1-8(21(14,15)16)4-5-17-6-11-7-18-12-9(2)20-10(3)13(12)19-11/h8,11H,2-7H2,1H3,(H,14,15,16). The largest absolute Gasteiger partial charge is 0.484 e. The molecule has 1 N–H and O–H groups in total. The summed E-state index contributed by atoms with van der Waals surface area (Å²) in [5.74, 6) is 1.25. The molecule has 0 aromatic carbocycles. The van der Waals surface area contributed by atoms with E-state index in [2.05, 4.69) is 13.2 Å². The zero-order chi connectivity index (χ0) is 15.6. The van der Waals surface area contributed by atoms with Crippen LogP contribution < -0.4 is 18.5 Å². The average Bonchev–Trinajstić information content (AvgIpc) is 2.68. The van der Waals surface area contributed by atoms with Gasteiger partial charge in [0.25, 0.3) is 10.1 Å². The maximum atomic E-state index is 10.8. The van der Waals surface area contributed by atoms with E-state index in [9.17, 15) is 8.42 Å². The zero-order valence-electron chi connectivity index (χ0n) is 11.7. The highest BCUT2D eigenvalue weighted by molar-refractivity contribution is 7.86. The molecule has 1 aliphatic heterocycles. The van der Waals surface area contributed by atoms with Crippen molar-refractivity contribution in [3.63, 3.8) is 0 Å². The fraction of sp³-hybridized carbons (Fsp3) is 0.538.